The predicted molar refractivity (Wildman–Crippen MR) is 73.7 cm³/mol. The van der Waals surface area contributed by atoms with Crippen LogP contribution in [0.15, 0.2) is 0 Å². The molecule has 2 saturated carbocycles. The average Bonchev–Trinajstić information content (AvgIpc) is 2.40. The van der Waals surface area contributed by atoms with E-state index in [1.807, 2.05) is 0 Å². The minimum absolute atomic E-state index is 0.367. The van der Waals surface area contributed by atoms with Gasteiger partial charge < -0.3 is 11.5 Å². The van der Waals surface area contributed by atoms with Crippen molar-refractivity contribution in [3.05, 3.63) is 0 Å². The maximum Gasteiger partial charge on any atom is 0.00792 e. The normalized spacial score (nSPS) is 33.5. The molecule has 2 rings (SSSR count). The van der Waals surface area contributed by atoms with Crippen LogP contribution in [0.3, 0.4) is 0 Å². The number of hydrogen-bond donors (Lipinski definition) is 2. The summed E-state index contributed by atoms with van der Waals surface area (Å²) in [6.45, 7) is 0.756. The monoisotopic (exact) mass is 238 g/mol. The molecule has 0 aromatic rings. The molecule has 3 unspecified atom stereocenters. The largest absolute Gasteiger partial charge is 0.330 e. The van der Waals surface area contributed by atoms with E-state index in [9.17, 15) is 0 Å². The van der Waals surface area contributed by atoms with E-state index in [4.69, 9.17) is 11.5 Å². The Hall–Kier alpha value is -0.0800. The lowest BCUT2D eigenvalue weighted by Crippen LogP contribution is -2.37. The fourth-order valence-electron chi connectivity index (χ4n) is 4.12. The van der Waals surface area contributed by atoms with Crippen molar-refractivity contribution in [1.82, 2.24) is 0 Å². The molecule has 0 aromatic carbocycles. The summed E-state index contributed by atoms with van der Waals surface area (Å²) in [5.41, 5.74) is 11.9. The maximum absolute atomic E-state index is 6.27. The first-order valence-corrected chi connectivity index (χ1v) is 7.77. The summed E-state index contributed by atoms with van der Waals surface area (Å²) in [5.74, 6) is 2.77. The van der Waals surface area contributed by atoms with Gasteiger partial charge in [-0.25, -0.2) is 0 Å². The molecule has 2 fully saturated rings. The van der Waals surface area contributed by atoms with Crippen molar-refractivity contribution in [1.29, 1.82) is 0 Å². The summed E-state index contributed by atoms with van der Waals surface area (Å²) in [5, 5.41) is 0. The fraction of sp³-hybridized carbons (Fsp3) is 1.00. The van der Waals surface area contributed by atoms with Gasteiger partial charge in [-0.3, -0.25) is 0 Å². The lowest BCUT2D eigenvalue weighted by Gasteiger charge is -2.38. The summed E-state index contributed by atoms with van der Waals surface area (Å²) in [6.07, 6.45) is 14.0. The molecule has 0 amide bonds. The first-order valence-electron chi connectivity index (χ1n) is 7.77. The summed E-state index contributed by atoms with van der Waals surface area (Å²) >= 11 is 0. The van der Waals surface area contributed by atoms with Crippen molar-refractivity contribution < 1.29 is 0 Å². The van der Waals surface area contributed by atoms with Crippen LogP contribution in [-0.2, 0) is 0 Å². The minimum atomic E-state index is 0.367. The lowest BCUT2D eigenvalue weighted by molar-refractivity contribution is 0.145. The molecule has 0 aromatic heterocycles. The Morgan fingerprint density at radius 1 is 0.882 bits per heavy atom. The van der Waals surface area contributed by atoms with Crippen molar-refractivity contribution in [3.63, 3.8) is 0 Å². The SMILES string of the molecule is NCCC(N)C1CCCC(C2CCCCC2)C1. The molecular formula is C15H30N2. The highest BCUT2D eigenvalue weighted by atomic mass is 14.7. The van der Waals surface area contributed by atoms with E-state index in [2.05, 4.69) is 0 Å². The molecule has 0 radical (unpaired) electrons. The van der Waals surface area contributed by atoms with Crippen molar-refractivity contribution in [2.75, 3.05) is 6.54 Å². The molecule has 0 spiro atoms. The number of hydrogen-bond acceptors (Lipinski definition) is 2. The van der Waals surface area contributed by atoms with Crippen LogP contribution in [0.25, 0.3) is 0 Å². The van der Waals surface area contributed by atoms with E-state index < -0.39 is 0 Å². The Morgan fingerprint density at radius 2 is 1.59 bits per heavy atom. The van der Waals surface area contributed by atoms with Crippen LogP contribution >= 0.6 is 0 Å². The topological polar surface area (TPSA) is 52.0 Å². The Kier molecular flexibility index (Phi) is 5.30. The van der Waals surface area contributed by atoms with Crippen LogP contribution in [0, 0.1) is 17.8 Å². The van der Waals surface area contributed by atoms with Gasteiger partial charge in [0.15, 0.2) is 0 Å². The maximum atomic E-state index is 6.27. The van der Waals surface area contributed by atoms with Crippen LogP contribution in [0.4, 0.5) is 0 Å². The van der Waals surface area contributed by atoms with E-state index in [-0.39, 0.29) is 0 Å². The van der Waals surface area contributed by atoms with Gasteiger partial charge in [0.25, 0.3) is 0 Å². The Bertz CT molecular complexity index is 211. The highest BCUT2D eigenvalue weighted by molar-refractivity contribution is 4.84. The molecule has 0 saturated heterocycles. The predicted octanol–water partition coefficient (Wildman–Crippen LogP) is 3.05. The second-order valence-electron chi connectivity index (χ2n) is 6.33. The Morgan fingerprint density at radius 3 is 2.29 bits per heavy atom. The van der Waals surface area contributed by atoms with Crippen molar-refractivity contribution >= 4 is 0 Å². The summed E-state index contributed by atoms with van der Waals surface area (Å²) in [7, 11) is 0. The molecule has 0 bridgehead atoms. The van der Waals surface area contributed by atoms with Gasteiger partial charge in [-0.05, 0) is 43.6 Å². The molecule has 3 atom stereocenters. The second kappa shape index (κ2) is 6.75. The molecule has 100 valence electrons. The molecule has 2 aliphatic rings. The van der Waals surface area contributed by atoms with Gasteiger partial charge >= 0.3 is 0 Å². The van der Waals surface area contributed by atoms with Crippen LogP contribution in [0.5, 0.6) is 0 Å². The van der Waals surface area contributed by atoms with Crippen LogP contribution in [0.1, 0.15) is 64.2 Å². The molecule has 0 heterocycles. The van der Waals surface area contributed by atoms with Gasteiger partial charge in [-0.2, -0.15) is 0 Å². The fourth-order valence-corrected chi connectivity index (χ4v) is 4.12. The quantitative estimate of drug-likeness (QED) is 0.791. The zero-order valence-corrected chi connectivity index (χ0v) is 11.2. The first kappa shape index (κ1) is 13.4. The summed E-state index contributed by atoms with van der Waals surface area (Å²) in [6, 6.07) is 0.367. The Balaban J connectivity index is 1.83. The number of rotatable bonds is 4. The summed E-state index contributed by atoms with van der Waals surface area (Å²) < 4.78 is 0. The lowest BCUT2D eigenvalue weighted by atomic mass is 9.69. The highest BCUT2D eigenvalue weighted by Gasteiger charge is 2.31. The minimum Gasteiger partial charge on any atom is -0.330 e. The van der Waals surface area contributed by atoms with Crippen LogP contribution < -0.4 is 11.5 Å². The molecule has 2 aliphatic carbocycles. The van der Waals surface area contributed by atoms with Crippen molar-refractivity contribution in [2.24, 2.45) is 29.2 Å². The van der Waals surface area contributed by atoms with E-state index in [0.29, 0.717) is 6.04 Å². The highest BCUT2D eigenvalue weighted by Crippen LogP contribution is 2.41. The van der Waals surface area contributed by atoms with Gasteiger partial charge in [0.2, 0.25) is 0 Å². The van der Waals surface area contributed by atoms with Crippen LogP contribution in [0.2, 0.25) is 0 Å². The number of nitrogens with two attached hydrogens (primary N) is 2. The van der Waals surface area contributed by atoms with E-state index in [0.717, 1.165) is 30.7 Å². The van der Waals surface area contributed by atoms with Gasteiger partial charge in [-0.15, -0.1) is 0 Å². The van der Waals surface area contributed by atoms with Gasteiger partial charge in [0.1, 0.15) is 0 Å². The van der Waals surface area contributed by atoms with E-state index >= 15 is 0 Å². The van der Waals surface area contributed by atoms with E-state index in [1.165, 1.54) is 57.8 Å². The van der Waals surface area contributed by atoms with Crippen molar-refractivity contribution in [3.8, 4) is 0 Å². The first-order chi connectivity index (χ1) is 8.31. The molecule has 4 N–H and O–H groups in total. The van der Waals surface area contributed by atoms with Crippen molar-refractivity contribution in [2.45, 2.75) is 70.3 Å². The molecular weight excluding hydrogens is 208 g/mol. The zero-order valence-electron chi connectivity index (χ0n) is 11.2. The summed E-state index contributed by atoms with van der Waals surface area (Å²) in [4.78, 5) is 0. The van der Waals surface area contributed by atoms with Gasteiger partial charge in [0.05, 0.1) is 0 Å². The van der Waals surface area contributed by atoms with Gasteiger partial charge in [0, 0.05) is 6.04 Å². The third-order valence-corrected chi connectivity index (χ3v) is 5.18. The Labute approximate surface area is 107 Å². The smallest absolute Gasteiger partial charge is 0.00792 e. The van der Waals surface area contributed by atoms with E-state index in [1.54, 1.807) is 0 Å². The molecule has 17 heavy (non-hydrogen) atoms. The third kappa shape index (κ3) is 3.69. The third-order valence-electron chi connectivity index (χ3n) is 5.18. The van der Waals surface area contributed by atoms with Crippen LogP contribution in [-0.4, -0.2) is 12.6 Å². The molecule has 2 heteroatoms. The standard InChI is InChI=1S/C15H30N2/c16-10-9-15(17)14-8-4-7-13(11-14)12-5-2-1-3-6-12/h12-15H,1-11,16-17H2. The zero-order chi connectivity index (χ0) is 12.1. The molecule has 2 nitrogen and oxygen atoms in total. The molecule has 0 aliphatic heterocycles. The average molecular weight is 238 g/mol. The second-order valence-corrected chi connectivity index (χ2v) is 6.33. The van der Waals surface area contributed by atoms with Gasteiger partial charge in [-0.1, -0.05) is 44.9 Å².